The maximum Gasteiger partial charge on any atom is 0.138 e. The highest BCUT2D eigenvalue weighted by atomic mass is 16.5. The molecular weight excluding hydrogens is 188 g/mol. The largest absolute Gasteiger partial charge is 0.497 e. The van der Waals surface area contributed by atoms with E-state index in [0.717, 1.165) is 29.9 Å². The van der Waals surface area contributed by atoms with Gasteiger partial charge in [0.25, 0.3) is 0 Å². The Hall–Kier alpha value is -1.62. The first-order valence-corrected chi connectivity index (χ1v) is 5.02. The molecule has 0 radical (unpaired) electrons. The van der Waals surface area contributed by atoms with Crippen molar-refractivity contribution in [2.45, 2.75) is 19.8 Å². The lowest BCUT2D eigenvalue weighted by atomic mass is 10.2. The van der Waals surface area contributed by atoms with Gasteiger partial charge in [0, 0.05) is 12.5 Å². The Kier molecular flexibility index (Phi) is 4.56. The Bertz CT molecular complexity index is 372. The zero-order valence-corrected chi connectivity index (χ0v) is 9.46. The van der Waals surface area contributed by atoms with E-state index in [4.69, 9.17) is 9.47 Å². The summed E-state index contributed by atoms with van der Waals surface area (Å²) in [5.41, 5.74) is 0.909. The normalized spacial score (nSPS) is 9.00. The van der Waals surface area contributed by atoms with Gasteiger partial charge in [0.15, 0.2) is 0 Å². The molecule has 0 amide bonds. The van der Waals surface area contributed by atoms with Crippen molar-refractivity contribution in [1.29, 1.82) is 0 Å². The van der Waals surface area contributed by atoms with E-state index in [0.29, 0.717) is 0 Å². The SMILES string of the molecule is CCCC#Cc1ccc(OC)cc1OC. The fourth-order valence-electron chi connectivity index (χ4n) is 1.18. The number of hydrogen-bond acceptors (Lipinski definition) is 2. The second kappa shape index (κ2) is 5.98. The van der Waals surface area contributed by atoms with Gasteiger partial charge in [-0.15, -0.1) is 0 Å². The number of rotatable bonds is 3. The molecule has 0 N–H and O–H groups in total. The van der Waals surface area contributed by atoms with Crippen molar-refractivity contribution in [3.05, 3.63) is 23.8 Å². The zero-order valence-electron chi connectivity index (χ0n) is 9.46. The van der Waals surface area contributed by atoms with Crippen LogP contribution in [0.15, 0.2) is 18.2 Å². The molecule has 0 aliphatic rings. The van der Waals surface area contributed by atoms with Crippen molar-refractivity contribution in [2.24, 2.45) is 0 Å². The second-order valence-corrected chi connectivity index (χ2v) is 3.12. The average molecular weight is 204 g/mol. The minimum Gasteiger partial charge on any atom is -0.497 e. The molecule has 15 heavy (non-hydrogen) atoms. The van der Waals surface area contributed by atoms with Gasteiger partial charge in [0.05, 0.1) is 19.8 Å². The Balaban J connectivity index is 2.93. The zero-order chi connectivity index (χ0) is 11.1. The van der Waals surface area contributed by atoms with E-state index >= 15 is 0 Å². The molecule has 0 unspecified atom stereocenters. The van der Waals surface area contributed by atoms with Gasteiger partial charge in [0.1, 0.15) is 11.5 Å². The molecule has 0 bridgehead atoms. The summed E-state index contributed by atoms with van der Waals surface area (Å²) in [4.78, 5) is 0. The minimum atomic E-state index is 0.762. The molecule has 1 aromatic carbocycles. The average Bonchev–Trinajstić information content (AvgIpc) is 2.29. The smallest absolute Gasteiger partial charge is 0.138 e. The third-order valence-corrected chi connectivity index (χ3v) is 2.01. The van der Waals surface area contributed by atoms with E-state index in [1.807, 2.05) is 18.2 Å². The molecule has 0 atom stereocenters. The fraction of sp³-hybridized carbons (Fsp3) is 0.385. The van der Waals surface area contributed by atoms with Gasteiger partial charge in [-0.25, -0.2) is 0 Å². The maximum atomic E-state index is 5.24. The van der Waals surface area contributed by atoms with Crippen LogP contribution in [-0.2, 0) is 0 Å². The third kappa shape index (κ3) is 3.21. The molecule has 0 aliphatic heterocycles. The van der Waals surface area contributed by atoms with Gasteiger partial charge in [-0.3, -0.25) is 0 Å². The summed E-state index contributed by atoms with van der Waals surface area (Å²) in [5.74, 6) is 7.73. The second-order valence-electron chi connectivity index (χ2n) is 3.12. The van der Waals surface area contributed by atoms with Gasteiger partial charge in [-0.2, -0.15) is 0 Å². The Morgan fingerprint density at radius 2 is 2.00 bits per heavy atom. The van der Waals surface area contributed by atoms with E-state index in [2.05, 4.69) is 18.8 Å². The van der Waals surface area contributed by atoms with Crippen LogP contribution in [-0.4, -0.2) is 14.2 Å². The highest BCUT2D eigenvalue weighted by Gasteiger charge is 2.01. The van der Waals surface area contributed by atoms with Gasteiger partial charge >= 0.3 is 0 Å². The minimum absolute atomic E-state index is 0.762. The molecule has 80 valence electrons. The van der Waals surface area contributed by atoms with Gasteiger partial charge in [-0.1, -0.05) is 18.8 Å². The van der Waals surface area contributed by atoms with Crippen molar-refractivity contribution < 1.29 is 9.47 Å². The van der Waals surface area contributed by atoms with Crippen molar-refractivity contribution in [3.63, 3.8) is 0 Å². The van der Waals surface area contributed by atoms with Crippen LogP contribution < -0.4 is 9.47 Å². The van der Waals surface area contributed by atoms with Crippen molar-refractivity contribution in [3.8, 4) is 23.3 Å². The molecule has 0 fully saturated rings. The highest BCUT2D eigenvalue weighted by molar-refractivity contribution is 5.49. The number of unbranched alkanes of at least 4 members (excludes halogenated alkanes) is 1. The summed E-state index contributed by atoms with van der Waals surface area (Å²) < 4.78 is 10.3. The summed E-state index contributed by atoms with van der Waals surface area (Å²) in [6, 6.07) is 5.65. The van der Waals surface area contributed by atoms with Crippen LogP contribution in [0, 0.1) is 11.8 Å². The first kappa shape index (κ1) is 11.5. The van der Waals surface area contributed by atoms with Gasteiger partial charge in [-0.05, 0) is 18.6 Å². The quantitative estimate of drug-likeness (QED) is 0.705. The first-order chi connectivity index (χ1) is 7.31. The van der Waals surface area contributed by atoms with Crippen molar-refractivity contribution >= 4 is 0 Å². The number of benzene rings is 1. The maximum absolute atomic E-state index is 5.24. The Morgan fingerprint density at radius 3 is 2.60 bits per heavy atom. The van der Waals surface area contributed by atoms with Crippen molar-refractivity contribution in [2.75, 3.05) is 14.2 Å². The Morgan fingerprint density at radius 1 is 1.20 bits per heavy atom. The van der Waals surface area contributed by atoms with E-state index in [9.17, 15) is 0 Å². The standard InChI is InChI=1S/C13H16O2/c1-4-5-6-7-11-8-9-12(14-2)10-13(11)15-3/h8-10H,4-5H2,1-3H3. The fourth-order valence-corrected chi connectivity index (χ4v) is 1.18. The monoisotopic (exact) mass is 204 g/mol. The molecule has 0 spiro atoms. The van der Waals surface area contributed by atoms with Crippen LogP contribution in [0.1, 0.15) is 25.3 Å². The first-order valence-electron chi connectivity index (χ1n) is 5.02. The predicted molar refractivity (Wildman–Crippen MR) is 61.3 cm³/mol. The van der Waals surface area contributed by atoms with Crippen LogP contribution in [0.3, 0.4) is 0 Å². The topological polar surface area (TPSA) is 18.5 Å². The van der Waals surface area contributed by atoms with Crippen LogP contribution >= 0.6 is 0 Å². The van der Waals surface area contributed by atoms with Crippen LogP contribution in [0.2, 0.25) is 0 Å². The lowest BCUT2D eigenvalue weighted by molar-refractivity contribution is 0.393. The third-order valence-electron chi connectivity index (χ3n) is 2.01. The molecule has 0 aromatic heterocycles. The highest BCUT2D eigenvalue weighted by Crippen LogP contribution is 2.23. The lowest BCUT2D eigenvalue weighted by Crippen LogP contribution is -1.90. The summed E-state index contributed by atoms with van der Waals surface area (Å²) >= 11 is 0. The van der Waals surface area contributed by atoms with Crippen LogP contribution in [0.5, 0.6) is 11.5 Å². The Labute approximate surface area is 91.2 Å². The van der Waals surface area contributed by atoms with Crippen molar-refractivity contribution in [1.82, 2.24) is 0 Å². The van der Waals surface area contributed by atoms with E-state index < -0.39 is 0 Å². The van der Waals surface area contributed by atoms with E-state index in [1.165, 1.54) is 0 Å². The molecule has 0 heterocycles. The molecule has 2 nitrogen and oxygen atoms in total. The predicted octanol–water partition coefficient (Wildman–Crippen LogP) is 2.86. The van der Waals surface area contributed by atoms with E-state index in [1.54, 1.807) is 14.2 Å². The molecule has 0 saturated heterocycles. The van der Waals surface area contributed by atoms with Crippen LogP contribution in [0.4, 0.5) is 0 Å². The van der Waals surface area contributed by atoms with Gasteiger partial charge < -0.3 is 9.47 Å². The van der Waals surface area contributed by atoms with Gasteiger partial charge in [0.2, 0.25) is 0 Å². The molecule has 0 saturated carbocycles. The summed E-state index contributed by atoms with van der Waals surface area (Å²) in [5, 5.41) is 0. The molecule has 1 rings (SSSR count). The molecular formula is C13H16O2. The number of ether oxygens (including phenoxy) is 2. The summed E-state index contributed by atoms with van der Waals surface area (Å²) in [6.45, 7) is 2.11. The number of methoxy groups -OCH3 is 2. The lowest BCUT2D eigenvalue weighted by Gasteiger charge is -2.05. The summed E-state index contributed by atoms with van der Waals surface area (Å²) in [7, 11) is 3.27. The number of hydrogen-bond donors (Lipinski definition) is 0. The molecule has 1 aromatic rings. The summed E-state index contributed by atoms with van der Waals surface area (Å²) in [6.07, 6.45) is 1.99. The van der Waals surface area contributed by atoms with Crippen LogP contribution in [0.25, 0.3) is 0 Å². The van der Waals surface area contributed by atoms with E-state index in [-0.39, 0.29) is 0 Å². The molecule has 0 aliphatic carbocycles. The molecule has 2 heteroatoms.